The molecule has 0 spiro atoms. The highest BCUT2D eigenvalue weighted by molar-refractivity contribution is 6.31. The molecule has 128 valence electrons. The number of halogens is 2. The molecule has 3 rings (SSSR count). The standard InChI is InChI=1S/C18H16Cl2N4O/c1-11-7-8-14(9-16(11)20)24-12(2)17(22-23-24)18(25)21-10-13-5-3-4-6-15(13)19/h3-9H,10H2,1-2H3,(H,21,25). The van der Waals surface area contributed by atoms with Crippen molar-refractivity contribution in [3.63, 3.8) is 0 Å². The van der Waals surface area contributed by atoms with Gasteiger partial charge in [-0.25, -0.2) is 4.68 Å². The summed E-state index contributed by atoms with van der Waals surface area (Å²) in [7, 11) is 0. The summed E-state index contributed by atoms with van der Waals surface area (Å²) in [5.74, 6) is -0.304. The molecule has 0 saturated heterocycles. The van der Waals surface area contributed by atoms with Gasteiger partial charge in [-0.3, -0.25) is 4.79 Å². The minimum atomic E-state index is -0.304. The van der Waals surface area contributed by atoms with Crippen LogP contribution in [-0.2, 0) is 6.54 Å². The van der Waals surface area contributed by atoms with Crippen molar-refractivity contribution in [1.82, 2.24) is 20.3 Å². The Labute approximate surface area is 155 Å². The first-order chi connectivity index (χ1) is 12.0. The van der Waals surface area contributed by atoms with Crippen LogP contribution in [0.2, 0.25) is 10.0 Å². The number of aromatic nitrogens is 3. The van der Waals surface area contributed by atoms with Crippen molar-refractivity contribution < 1.29 is 4.79 Å². The molecule has 0 unspecified atom stereocenters. The Kier molecular flexibility index (Phi) is 5.06. The number of nitrogens with one attached hydrogen (secondary N) is 1. The Balaban J connectivity index is 1.79. The van der Waals surface area contributed by atoms with Crippen molar-refractivity contribution in [3.05, 3.63) is 75.0 Å². The summed E-state index contributed by atoms with van der Waals surface area (Å²) in [6.45, 7) is 4.03. The quantitative estimate of drug-likeness (QED) is 0.746. The smallest absolute Gasteiger partial charge is 0.274 e. The molecule has 3 aromatic rings. The number of hydrogen-bond acceptors (Lipinski definition) is 3. The zero-order chi connectivity index (χ0) is 18.0. The van der Waals surface area contributed by atoms with E-state index in [1.807, 2.05) is 37.3 Å². The van der Waals surface area contributed by atoms with E-state index in [0.717, 1.165) is 16.8 Å². The molecular weight excluding hydrogens is 359 g/mol. The van der Waals surface area contributed by atoms with Gasteiger partial charge in [0.15, 0.2) is 5.69 Å². The first-order valence-corrected chi connectivity index (χ1v) is 8.43. The van der Waals surface area contributed by atoms with Gasteiger partial charge in [0, 0.05) is 16.6 Å². The minimum absolute atomic E-state index is 0.267. The molecule has 0 fully saturated rings. The van der Waals surface area contributed by atoms with Crippen LogP contribution in [0, 0.1) is 13.8 Å². The van der Waals surface area contributed by atoms with Crippen LogP contribution in [0.4, 0.5) is 0 Å². The zero-order valence-electron chi connectivity index (χ0n) is 13.8. The molecule has 0 saturated carbocycles. The van der Waals surface area contributed by atoms with Crippen LogP contribution in [0.5, 0.6) is 0 Å². The average molecular weight is 375 g/mol. The highest BCUT2D eigenvalue weighted by atomic mass is 35.5. The van der Waals surface area contributed by atoms with Gasteiger partial charge in [-0.1, -0.05) is 52.7 Å². The number of aryl methyl sites for hydroxylation is 1. The molecule has 1 aromatic heterocycles. The molecular formula is C18H16Cl2N4O. The lowest BCUT2D eigenvalue weighted by Gasteiger charge is -2.07. The largest absolute Gasteiger partial charge is 0.346 e. The van der Waals surface area contributed by atoms with Gasteiger partial charge in [-0.05, 0) is 43.2 Å². The zero-order valence-corrected chi connectivity index (χ0v) is 15.3. The van der Waals surface area contributed by atoms with Gasteiger partial charge in [0.1, 0.15) is 0 Å². The summed E-state index contributed by atoms with van der Waals surface area (Å²) < 4.78 is 1.59. The Hall–Kier alpha value is -2.37. The third-order valence-electron chi connectivity index (χ3n) is 3.91. The van der Waals surface area contributed by atoms with E-state index in [9.17, 15) is 4.79 Å². The number of carbonyl (C=O) groups is 1. The van der Waals surface area contributed by atoms with Crippen molar-refractivity contribution >= 4 is 29.1 Å². The summed E-state index contributed by atoms with van der Waals surface area (Å²) in [5, 5.41) is 12.1. The SMILES string of the molecule is Cc1ccc(-n2nnc(C(=O)NCc3ccccc3Cl)c2C)cc1Cl. The predicted molar refractivity (Wildman–Crippen MR) is 98.5 cm³/mol. The van der Waals surface area contributed by atoms with Crippen LogP contribution in [-0.4, -0.2) is 20.9 Å². The normalized spacial score (nSPS) is 10.7. The third-order valence-corrected chi connectivity index (χ3v) is 4.68. The summed E-state index contributed by atoms with van der Waals surface area (Å²) >= 11 is 12.3. The van der Waals surface area contributed by atoms with E-state index in [-0.39, 0.29) is 11.6 Å². The Bertz CT molecular complexity index is 937. The maximum atomic E-state index is 12.4. The molecule has 0 aliphatic rings. The van der Waals surface area contributed by atoms with E-state index >= 15 is 0 Å². The fourth-order valence-electron chi connectivity index (χ4n) is 2.40. The Morgan fingerprint density at radius 1 is 1.12 bits per heavy atom. The topological polar surface area (TPSA) is 59.8 Å². The van der Waals surface area contributed by atoms with Gasteiger partial charge in [0.05, 0.1) is 11.4 Å². The lowest BCUT2D eigenvalue weighted by Crippen LogP contribution is -2.24. The number of nitrogens with zero attached hydrogens (tertiary/aromatic N) is 3. The van der Waals surface area contributed by atoms with Gasteiger partial charge in [0.2, 0.25) is 0 Å². The molecule has 0 aliphatic heterocycles. The van der Waals surface area contributed by atoms with Crippen molar-refractivity contribution in [2.24, 2.45) is 0 Å². The maximum absolute atomic E-state index is 12.4. The van der Waals surface area contributed by atoms with Crippen LogP contribution in [0.1, 0.15) is 27.3 Å². The maximum Gasteiger partial charge on any atom is 0.274 e. The highest BCUT2D eigenvalue weighted by Crippen LogP contribution is 2.20. The number of hydrogen-bond donors (Lipinski definition) is 1. The second-order valence-electron chi connectivity index (χ2n) is 5.64. The predicted octanol–water partition coefficient (Wildman–Crippen LogP) is 4.12. The summed E-state index contributed by atoms with van der Waals surface area (Å²) in [5.41, 5.74) is 3.47. The van der Waals surface area contributed by atoms with Crippen molar-refractivity contribution in [2.45, 2.75) is 20.4 Å². The molecule has 7 heteroatoms. The van der Waals surface area contributed by atoms with E-state index < -0.39 is 0 Å². The van der Waals surface area contributed by atoms with Crippen LogP contribution in [0.25, 0.3) is 5.69 Å². The molecule has 0 atom stereocenters. The van der Waals surface area contributed by atoms with Gasteiger partial charge in [-0.2, -0.15) is 0 Å². The number of rotatable bonds is 4. The van der Waals surface area contributed by atoms with Gasteiger partial charge >= 0.3 is 0 Å². The summed E-state index contributed by atoms with van der Waals surface area (Å²) in [4.78, 5) is 12.4. The van der Waals surface area contributed by atoms with E-state index in [2.05, 4.69) is 15.6 Å². The Morgan fingerprint density at radius 2 is 1.88 bits per heavy atom. The van der Waals surface area contributed by atoms with Crippen LogP contribution in [0.3, 0.4) is 0 Å². The van der Waals surface area contributed by atoms with Gasteiger partial charge < -0.3 is 5.32 Å². The summed E-state index contributed by atoms with van der Waals surface area (Å²) in [6, 6.07) is 12.9. The Morgan fingerprint density at radius 3 is 2.60 bits per heavy atom. The first-order valence-electron chi connectivity index (χ1n) is 7.68. The van der Waals surface area contributed by atoms with E-state index in [1.165, 1.54) is 0 Å². The lowest BCUT2D eigenvalue weighted by atomic mass is 10.2. The number of carbonyl (C=O) groups excluding carboxylic acids is 1. The highest BCUT2D eigenvalue weighted by Gasteiger charge is 2.17. The fraction of sp³-hybridized carbons (Fsp3) is 0.167. The number of amides is 1. The van der Waals surface area contributed by atoms with Crippen LogP contribution in [0.15, 0.2) is 42.5 Å². The molecule has 0 radical (unpaired) electrons. The van der Waals surface area contributed by atoms with Crippen molar-refractivity contribution in [1.29, 1.82) is 0 Å². The monoisotopic (exact) mass is 374 g/mol. The van der Waals surface area contributed by atoms with Crippen molar-refractivity contribution in [2.75, 3.05) is 0 Å². The number of benzene rings is 2. The minimum Gasteiger partial charge on any atom is -0.346 e. The van der Waals surface area contributed by atoms with Gasteiger partial charge in [0.25, 0.3) is 5.91 Å². The lowest BCUT2D eigenvalue weighted by molar-refractivity contribution is 0.0945. The fourth-order valence-corrected chi connectivity index (χ4v) is 2.78. The third kappa shape index (κ3) is 3.67. The van der Waals surface area contributed by atoms with E-state index in [4.69, 9.17) is 23.2 Å². The first kappa shape index (κ1) is 17.5. The molecule has 1 heterocycles. The van der Waals surface area contributed by atoms with E-state index in [1.54, 1.807) is 23.7 Å². The van der Waals surface area contributed by atoms with Gasteiger partial charge in [-0.15, -0.1) is 5.10 Å². The molecule has 1 N–H and O–H groups in total. The molecule has 2 aromatic carbocycles. The second kappa shape index (κ2) is 7.25. The molecule has 0 aliphatic carbocycles. The van der Waals surface area contributed by atoms with Crippen LogP contribution < -0.4 is 5.32 Å². The molecule has 0 bridgehead atoms. The van der Waals surface area contributed by atoms with E-state index in [0.29, 0.717) is 22.3 Å². The second-order valence-corrected chi connectivity index (χ2v) is 6.46. The van der Waals surface area contributed by atoms with Crippen LogP contribution >= 0.6 is 23.2 Å². The molecule has 1 amide bonds. The molecule has 5 nitrogen and oxygen atoms in total. The molecule has 25 heavy (non-hydrogen) atoms. The summed E-state index contributed by atoms with van der Waals surface area (Å²) in [6.07, 6.45) is 0. The average Bonchev–Trinajstić information content (AvgIpc) is 2.98. The van der Waals surface area contributed by atoms with Crippen molar-refractivity contribution in [3.8, 4) is 5.69 Å².